The number of fused-ring (bicyclic) bond motifs is 1. The molecule has 2 heterocycles. The van der Waals surface area contributed by atoms with Crippen molar-refractivity contribution in [2.45, 2.75) is 40.2 Å². The summed E-state index contributed by atoms with van der Waals surface area (Å²) in [6.45, 7) is 7.82. The maximum atomic E-state index is 11.4. The standard InChI is InChI=1S/C14H19N3O2S/c1-7(2)5-10(14(18)19)17-12-11-8(3)6-20-13(11)16-9(4)15-12/h6-7,10H,5H2,1-4H3,(H,18,19)(H,15,16,17)/t10-/m1/s1. The van der Waals surface area contributed by atoms with Gasteiger partial charge in [0.25, 0.3) is 0 Å². The second-order valence-electron chi connectivity index (χ2n) is 5.38. The molecule has 20 heavy (non-hydrogen) atoms. The van der Waals surface area contributed by atoms with Crippen molar-refractivity contribution < 1.29 is 9.90 Å². The molecule has 5 nitrogen and oxygen atoms in total. The summed E-state index contributed by atoms with van der Waals surface area (Å²) in [7, 11) is 0. The van der Waals surface area contributed by atoms with E-state index in [9.17, 15) is 9.90 Å². The van der Waals surface area contributed by atoms with Gasteiger partial charge in [0.15, 0.2) is 0 Å². The van der Waals surface area contributed by atoms with E-state index >= 15 is 0 Å². The van der Waals surface area contributed by atoms with Gasteiger partial charge in [-0.05, 0) is 37.1 Å². The third kappa shape index (κ3) is 3.07. The van der Waals surface area contributed by atoms with Crippen LogP contribution < -0.4 is 5.32 Å². The van der Waals surface area contributed by atoms with Crippen molar-refractivity contribution in [2.75, 3.05) is 5.32 Å². The molecular formula is C14H19N3O2S. The fourth-order valence-electron chi connectivity index (χ4n) is 2.15. The number of hydrogen-bond acceptors (Lipinski definition) is 5. The van der Waals surface area contributed by atoms with E-state index in [1.165, 1.54) is 0 Å². The SMILES string of the molecule is Cc1nc(N[C@H](CC(C)C)C(=O)O)c2c(C)csc2n1. The number of thiophene rings is 1. The predicted molar refractivity (Wildman–Crippen MR) is 81.4 cm³/mol. The van der Waals surface area contributed by atoms with Crippen LogP contribution in [0.5, 0.6) is 0 Å². The second kappa shape index (κ2) is 5.75. The number of carboxylic acids is 1. The number of aromatic nitrogens is 2. The van der Waals surface area contributed by atoms with Crippen molar-refractivity contribution in [1.29, 1.82) is 0 Å². The van der Waals surface area contributed by atoms with Crippen molar-refractivity contribution in [2.24, 2.45) is 5.92 Å². The van der Waals surface area contributed by atoms with Gasteiger partial charge in [-0.25, -0.2) is 14.8 Å². The fraction of sp³-hybridized carbons (Fsp3) is 0.500. The Hall–Kier alpha value is -1.69. The number of carbonyl (C=O) groups is 1. The largest absolute Gasteiger partial charge is 0.480 e. The molecule has 2 aromatic heterocycles. The molecule has 0 saturated heterocycles. The monoisotopic (exact) mass is 293 g/mol. The van der Waals surface area contributed by atoms with Gasteiger partial charge in [-0.3, -0.25) is 0 Å². The summed E-state index contributed by atoms with van der Waals surface area (Å²) in [5.41, 5.74) is 1.07. The van der Waals surface area contributed by atoms with E-state index < -0.39 is 12.0 Å². The lowest BCUT2D eigenvalue weighted by Crippen LogP contribution is -2.31. The first-order chi connectivity index (χ1) is 9.38. The maximum Gasteiger partial charge on any atom is 0.326 e. The lowest BCUT2D eigenvalue weighted by atomic mass is 10.0. The topological polar surface area (TPSA) is 75.1 Å². The number of carboxylic acid groups (broad SMARTS) is 1. The van der Waals surface area contributed by atoms with Gasteiger partial charge in [0.2, 0.25) is 0 Å². The smallest absolute Gasteiger partial charge is 0.326 e. The normalized spacial score (nSPS) is 12.8. The first kappa shape index (κ1) is 14.7. The van der Waals surface area contributed by atoms with Gasteiger partial charge in [-0.2, -0.15) is 0 Å². The zero-order valence-electron chi connectivity index (χ0n) is 12.1. The van der Waals surface area contributed by atoms with Crippen LogP contribution in [0.4, 0.5) is 5.82 Å². The van der Waals surface area contributed by atoms with Crippen LogP contribution >= 0.6 is 11.3 Å². The zero-order chi connectivity index (χ0) is 14.9. The highest BCUT2D eigenvalue weighted by atomic mass is 32.1. The Balaban J connectivity index is 2.41. The van der Waals surface area contributed by atoms with E-state index in [1.807, 2.05) is 33.1 Å². The number of anilines is 1. The van der Waals surface area contributed by atoms with Gasteiger partial charge in [-0.15, -0.1) is 11.3 Å². The summed E-state index contributed by atoms with van der Waals surface area (Å²) < 4.78 is 0. The molecule has 0 aliphatic carbocycles. The average Bonchev–Trinajstić information content (AvgIpc) is 2.69. The highest BCUT2D eigenvalue weighted by Gasteiger charge is 2.21. The highest BCUT2D eigenvalue weighted by molar-refractivity contribution is 7.17. The van der Waals surface area contributed by atoms with Gasteiger partial charge in [0, 0.05) is 0 Å². The fourth-order valence-corrected chi connectivity index (χ4v) is 3.12. The molecule has 2 rings (SSSR count). The van der Waals surface area contributed by atoms with Crippen molar-refractivity contribution in [3.8, 4) is 0 Å². The molecule has 0 saturated carbocycles. The second-order valence-corrected chi connectivity index (χ2v) is 6.24. The molecule has 0 aliphatic heterocycles. The van der Waals surface area contributed by atoms with Crippen LogP contribution in [0.2, 0.25) is 0 Å². The predicted octanol–water partition coefficient (Wildman–Crippen LogP) is 3.22. The van der Waals surface area contributed by atoms with Crippen LogP contribution in [0.1, 0.15) is 31.7 Å². The minimum Gasteiger partial charge on any atom is -0.480 e. The number of aliphatic carboxylic acids is 1. The number of aryl methyl sites for hydroxylation is 2. The Morgan fingerprint density at radius 2 is 2.10 bits per heavy atom. The van der Waals surface area contributed by atoms with E-state index in [4.69, 9.17) is 0 Å². The van der Waals surface area contributed by atoms with E-state index in [0.29, 0.717) is 24.0 Å². The summed E-state index contributed by atoms with van der Waals surface area (Å²) in [6, 6.07) is -0.633. The third-order valence-electron chi connectivity index (χ3n) is 3.05. The number of hydrogen-bond donors (Lipinski definition) is 2. The Morgan fingerprint density at radius 3 is 2.70 bits per heavy atom. The van der Waals surface area contributed by atoms with Gasteiger partial charge in [-0.1, -0.05) is 13.8 Å². The van der Waals surface area contributed by atoms with Crippen LogP contribution in [0.15, 0.2) is 5.38 Å². The van der Waals surface area contributed by atoms with E-state index in [1.54, 1.807) is 11.3 Å². The van der Waals surface area contributed by atoms with E-state index in [2.05, 4.69) is 15.3 Å². The van der Waals surface area contributed by atoms with Crippen molar-refractivity contribution in [1.82, 2.24) is 9.97 Å². The number of rotatable bonds is 5. The van der Waals surface area contributed by atoms with Crippen LogP contribution in [0, 0.1) is 19.8 Å². The Labute approximate surface area is 122 Å². The Morgan fingerprint density at radius 1 is 1.40 bits per heavy atom. The molecular weight excluding hydrogens is 274 g/mol. The molecule has 0 bridgehead atoms. The summed E-state index contributed by atoms with van der Waals surface area (Å²) in [6.07, 6.45) is 0.559. The van der Waals surface area contributed by atoms with Crippen molar-refractivity contribution in [3.63, 3.8) is 0 Å². The van der Waals surface area contributed by atoms with Gasteiger partial charge < -0.3 is 10.4 Å². The summed E-state index contributed by atoms with van der Waals surface area (Å²) >= 11 is 1.55. The molecule has 0 aromatic carbocycles. The maximum absolute atomic E-state index is 11.4. The lowest BCUT2D eigenvalue weighted by molar-refractivity contribution is -0.138. The van der Waals surface area contributed by atoms with Gasteiger partial charge >= 0.3 is 5.97 Å². The first-order valence-corrected chi connectivity index (χ1v) is 7.48. The molecule has 0 aliphatic rings. The number of nitrogens with zero attached hydrogens (tertiary/aromatic N) is 2. The van der Waals surface area contributed by atoms with E-state index in [-0.39, 0.29) is 0 Å². The molecule has 0 amide bonds. The van der Waals surface area contributed by atoms with Gasteiger partial charge in [0.1, 0.15) is 22.5 Å². The van der Waals surface area contributed by atoms with E-state index in [0.717, 1.165) is 15.8 Å². The lowest BCUT2D eigenvalue weighted by Gasteiger charge is -2.18. The van der Waals surface area contributed by atoms with Crippen LogP contribution in [0.3, 0.4) is 0 Å². The van der Waals surface area contributed by atoms with Gasteiger partial charge in [0.05, 0.1) is 5.39 Å². The summed E-state index contributed by atoms with van der Waals surface area (Å²) in [4.78, 5) is 21.1. The Bertz CT molecular complexity index is 637. The minimum atomic E-state index is -0.851. The van der Waals surface area contributed by atoms with Crippen molar-refractivity contribution >= 4 is 33.3 Å². The Kier molecular flexibility index (Phi) is 4.23. The molecule has 108 valence electrons. The first-order valence-electron chi connectivity index (χ1n) is 6.60. The molecule has 0 unspecified atom stereocenters. The molecule has 2 N–H and O–H groups in total. The molecule has 0 fully saturated rings. The summed E-state index contributed by atoms with van der Waals surface area (Å²) in [5.74, 6) is 0.719. The highest BCUT2D eigenvalue weighted by Crippen LogP contribution is 2.30. The number of nitrogens with one attached hydrogen (secondary N) is 1. The van der Waals surface area contributed by atoms with Crippen LogP contribution in [-0.4, -0.2) is 27.1 Å². The van der Waals surface area contributed by atoms with Crippen LogP contribution in [-0.2, 0) is 4.79 Å². The summed E-state index contributed by atoms with van der Waals surface area (Å²) in [5, 5.41) is 15.4. The average molecular weight is 293 g/mol. The molecule has 6 heteroatoms. The third-order valence-corrected chi connectivity index (χ3v) is 4.04. The zero-order valence-corrected chi connectivity index (χ0v) is 12.9. The molecule has 0 radical (unpaired) electrons. The molecule has 1 atom stereocenters. The molecule has 0 spiro atoms. The molecule has 2 aromatic rings. The van der Waals surface area contributed by atoms with Crippen LogP contribution in [0.25, 0.3) is 10.2 Å². The minimum absolute atomic E-state index is 0.297. The van der Waals surface area contributed by atoms with Crippen molar-refractivity contribution in [3.05, 3.63) is 16.8 Å². The quantitative estimate of drug-likeness (QED) is 0.885.